The van der Waals surface area contributed by atoms with Crippen LogP contribution in [0.2, 0.25) is 0 Å². The lowest BCUT2D eigenvalue weighted by Gasteiger charge is -2.42. The Kier molecular flexibility index (Phi) is 5.11. The maximum absolute atomic E-state index is 12.1. The van der Waals surface area contributed by atoms with E-state index in [9.17, 15) is 4.79 Å². The Hall–Kier alpha value is -2.07. The molecule has 2 bridgehead atoms. The highest BCUT2D eigenvalue weighted by atomic mass is 16.5. The van der Waals surface area contributed by atoms with Crippen LogP contribution in [-0.4, -0.2) is 29.2 Å². The van der Waals surface area contributed by atoms with Crippen LogP contribution in [0.25, 0.3) is 0 Å². The van der Waals surface area contributed by atoms with Gasteiger partial charge < -0.3 is 9.30 Å². The van der Waals surface area contributed by atoms with Crippen molar-refractivity contribution in [2.45, 2.75) is 45.2 Å². The summed E-state index contributed by atoms with van der Waals surface area (Å²) >= 11 is 0. The van der Waals surface area contributed by atoms with E-state index >= 15 is 0 Å². The van der Waals surface area contributed by atoms with E-state index in [-0.39, 0.29) is 5.56 Å². The maximum Gasteiger partial charge on any atom is 0.250 e. The fourth-order valence-electron chi connectivity index (χ4n) is 4.41. The van der Waals surface area contributed by atoms with Crippen molar-refractivity contribution in [3.05, 3.63) is 64.1 Å². The second kappa shape index (κ2) is 7.67. The molecule has 1 saturated heterocycles. The SMILES string of the molecule is CCCCOc1ccc(CN2CC3CC(C2)c2cccc(=O)n2C3)cc1. The summed E-state index contributed by atoms with van der Waals surface area (Å²) in [7, 11) is 0. The van der Waals surface area contributed by atoms with E-state index in [1.54, 1.807) is 6.07 Å². The van der Waals surface area contributed by atoms with Gasteiger partial charge in [0, 0.05) is 43.9 Å². The van der Waals surface area contributed by atoms with Crippen LogP contribution in [0.5, 0.6) is 5.75 Å². The summed E-state index contributed by atoms with van der Waals surface area (Å²) in [5.41, 5.74) is 2.71. The molecule has 138 valence electrons. The Balaban J connectivity index is 1.41. The molecule has 2 unspecified atom stereocenters. The monoisotopic (exact) mass is 352 g/mol. The average molecular weight is 352 g/mol. The number of rotatable bonds is 6. The van der Waals surface area contributed by atoms with E-state index < -0.39 is 0 Å². The number of likely N-dealkylation sites (tertiary alicyclic amines) is 1. The average Bonchev–Trinajstić information content (AvgIpc) is 2.64. The summed E-state index contributed by atoms with van der Waals surface area (Å²) in [6, 6.07) is 14.3. The molecule has 2 aliphatic rings. The molecule has 4 rings (SSSR count). The van der Waals surface area contributed by atoms with Crippen LogP contribution in [0.1, 0.15) is 43.4 Å². The number of ether oxygens (including phenoxy) is 1. The van der Waals surface area contributed by atoms with E-state index in [1.165, 1.54) is 17.7 Å². The summed E-state index contributed by atoms with van der Waals surface area (Å²) in [4.78, 5) is 14.7. The van der Waals surface area contributed by atoms with E-state index in [4.69, 9.17) is 4.74 Å². The number of nitrogens with zero attached hydrogens (tertiary/aromatic N) is 2. The minimum absolute atomic E-state index is 0.157. The first-order valence-electron chi connectivity index (χ1n) is 9.87. The topological polar surface area (TPSA) is 34.5 Å². The number of hydrogen-bond acceptors (Lipinski definition) is 3. The van der Waals surface area contributed by atoms with Crippen molar-refractivity contribution in [1.82, 2.24) is 9.47 Å². The predicted molar refractivity (Wildman–Crippen MR) is 104 cm³/mol. The number of benzene rings is 1. The standard InChI is InChI=1S/C22H28N2O2/c1-2-3-11-26-20-9-7-17(8-10-20)13-23-14-18-12-19(16-23)21-5-4-6-22(25)24(21)15-18/h4-10,18-19H,2-3,11-16H2,1H3. The second-order valence-electron chi connectivity index (χ2n) is 7.74. The van der Waals surface area contributed by atoms with Gasteiger partial charge in [-0.25, -0.2) is 0 Å². The Bertz CT molecular complexity index is 797. The van der Waals surface area contributed by atoms with Crippen molar-refractivity contribution >= 4 is 0 Å². The Morgan fingerprint density at radius 1 is 1.08 bits per heavy atom. The zero-order valence-electron chi connectivity index (χ0n) is 15.6. The molecule has 2 aromatic rings. The lowest BCUT2D eigenvalue weighted by atomic mass is 9.83. The minimum Gasteiger partial charge on any atom is -0.494 e. The highest BCUT2D eigenvalue weighted by Gasteiger charge is 2.34. The number of piperidine rings is 1. The lowest BCUT2D eigenvalue weighted by molar-refractivity contribution is 0.114. The van der Waals surface area contributed by atoms with Crippen LogP contribution in [0.4, 0.5) is 0 Å². The summed E-state index contributed by atoms with van der Waals surface area (Å²) in [6.45, 7) is 6.92. The van der Waals surface area contributed by atoms with Gasteiger partial charge in [-0.05, 0) is 42.5 Å². The van der Waals surface area contributed by atoms with Gasteiger partial charge in [0.25, 0.3) is 5.56 Å². The third-order valence-electron chi connectivity index (χ3n) is 5.65. The van der Waals surface area contributed by atoms with Crippen LogP contribution in [0, 0.1) is 5.92 Å². The van der Waals surface area contributed by atoms with Gasteiger partial charge in [-0.2, -0.15) is 0 Å². The van der Waals surface area contributed by atoms with Crippen molar-refractivity contribution in [3.8, 4) is 5.75 Å². The summed E-state index contributed by atoms with van der Waals surface area (Å²) in [5, 5.41) is 0. The molecule has 4 heteroatoms. The van der Waals surface area contributed by atoms with Crippen molar-refractivity contribution in [2.24, 2.45) is 5.92 Å². The van der Waals surface area contributed by atoms with Crippen LogP contribution in [0.3, 0.4) is 0 Å². The third kappa shape index (κ3) is 3.70. The Labute approximate surface area is 155 Å². The molecule has 1 aromatic heterocycles. The lowest BCUT2D eigenvalue weighted by Crippen LogP contribution is -2.46. The van der Waals surface area contributed by atoms with Crippen molar-refractivity contribution in [3.63, 3.8) is 0 Å². The van der Waals surface area contributed by atoms with E-state index in [1.807, 2.05) is 10.6 Å². The first-order chi connectivity index (χ1) is 12.7. The molecule has 2 atom stereocenters. The predicted octanol–water partition coefficient (Wildman–Crippen LogP) is 3.65. The molecule has 0 saturated carbocycles. The Morgan fingerprint density at radius 2 is 1.92 bits per heavy atom. The van der Waals surface area contributed by atoms with Gasteiger partial charge in [-0.3, -0.25) is 9.69 Å². The van der Waals surface area contributed by atoms with Gasteiger partial charge in [0.2, 0.25) is 0 Å². The fraction of sp³-hybridized carbons (Fsp3) is 0.500. The zero-order chi connectivity index (χ0) is 17.9. The molecule has 1 fully saturated rings. The molecule has 0 N–H and O–H groups in total. The van der Waals surface area contributed by atoms with Gasteiger partial charge in [-0.1, -0.05) is 31.5 Å². The molecule has 3 heterocycles. The number of fused-ring (bicyclic) bond motifs is 4. The van der Waals surface area contributed by atoms with Gasteiger partial charge in [0.1, 0.15) is 5.75 Å². The second-order valence-corrected chi connectivity index (χ2v) is 7.74. The molecule has 0 radical (unpaired) electrons. The minimum atomic E-state index is 0.157. The van der Waals surface area contributed by atoms with Crippen molar-refractivity contribution in [1.29, 1.82) is 0 Å². The number of aromatic nitrogens is 1. The van der Waals surface area contributed by atoms with Crippen molar-refractivity contribution in [2.75, 3.05) is 19.7 Å². The van der Waals surface area contributed by atoms with Crippen LogP contribution >= 0.6 is 0 Å². The van der Waals surface area contributed by atoms with Gasteiger partial charge in [0.15, 0.2) is 0 Å². The number of hydrogen-bond donors (Lipinski definition) is 0. The molecule has 2 aliphatic heterocycles. The largest absolute Gasteiger partial charge is 0.494 e. The molecule has 26 heavy (non-hydrogen) atoms. The Morgan fingerprint density at radius 3 is 2.73 bits per heavy atom. The van der Waals surface area contributed by atoms with E-state index in [0.717, 1.165) is 51.4 Å². The fourth-order valence-corrected chi connectivity index (χ4v) is 4.41. The van der Waals surface area contributed by atoms with Crippen LogP contribution in [0.15, 0.2) is 47.3 Å². The number of pyridine rings is 1. The van der Waals surface area contributed by atoms with Gasteiger partial charge in [-0.15, -0.1) is 0 Å². The van der Waals surface area contributed by atoms with Crippen LogP contribution in [-0.2, 0) is 13.1 Å². The van der Waals surface area contributed by atoms with E-state index in [0.29, 0.717) is 11.8 Å². The summed E-state index contributed by atoms with van der Waals surface area (Å²) in [6.07, 6.45) is 3.47. The maximum atomic E-state index is 12.1. The van der Waals surface area contributed by atoms with E-state index in [2.05, 4.69) is 42.2 Å². The molecule has 0 spiro atoms. The zero-order valence-corrected chi connectivity index (χ0v) is 15.6. The normalized spacial score (nSPS) is 22.0. The first kappa shape index (κ1) is 17.3. The first-order valence-corrected chi connectivity index (χ1v) is 9.87. The van der Waals surface area contributed by atoms with Crippen LogP contribution < -0.4 is 10.3 Å². The summed E-state index contributed by atoms with van der Waals surface area (Å²) < 4.78 is 7.75. The smallest absolute Gasteiger partial charge is 0.250 e. The van der Waals surface area contributed by atoms with Gasteiger partial charge in [0.05, 0.1) is 6.61 Å². The molecular weight excluding hydrogens is 324 g/mol. The number of unbranched alkanes of at least 4 members (excludes halogenated alkanes) is 1. The molecule has 0 aliphatic carbocycles. The van der Waals surface area contributed by atoms with Gasteiger partial charge >= 0.3 is 0 Å². The highest BCUT2D eigenvalue weighted by Crippen LogP contribution is 2.35. The molecule has 4 nitrogen and oxygen atoms in total. The summed E-state index contributed by atoms with van der Waals surface area (Å²) in [5.74, 6) is 2.03. The third-order valence-corrected chi connectivity index (χ3v) is 5.65. The highest BCUT2D eigenvalue weighted by molar-refractivity contribution is 5.27. The van der Waals surface area contributed by atoms with Crippen molar-refractivity contribution < 1.29 is 4.74 Å². The quantitative estimate of drug-likeness (QED) is 0.745. The molecule has 0 amide bonds. The molecule has 1 aromatic carbocycles. The molecular formula is C22H28N2O2.